The smallest absolute Gasteiger partial charge is 0.119 e. The van der Waals surface area contributed by atoms with E-state index in [-0.39, 0.29) is 0 Å². The van der Waals surface area contributed by atoms with E-state index in [9.17, 15) is 5.11 Å². The van der Waals surface area contributed by atoms with Crippen molar-refractivity contribution in [2.24, 2.45) is 0 Å². The molecular formula is C14H15ClO2S. The third kappa shape index (κ3) is 3.05. The van der Waals surface area contributed by atoms with Gasteiger partial charge < -0.3 is 9.84 Å². The zero-order chi connectivity index (χ0) is 13.0. The summed E-state index contributed by atoms with van der Waals surface area (Å²) in [5, 5.41) is 12.8. The van der Waals surface area contributed by atoms with Gasteiger partial charge in [-0.3, -0.25) is 0 Å². The molecule has 2 rings (SSSR count). The van der Waals surface area contributed by atoms with Gasteiger partial charge in [0.25, 0.3) is 0 Å². The molecule has 0 amide bonds. The molecule has 1 N–H and O–H groups in total. The minimum atomic E-state index is -0.692. The summed E-state index contributed by atoms with van der Waals surface area (Å²) in [5.41, 5.74) is 0.799. The van der Waals surface area contributed by atoms with Crippen LogP contribution >= 0.6 is 22.9 Å². The molecular weight excluding hydrogens is 268 g/mol. The maximum atomic E-state index is 10.3. The molecule has 1 aromatic heterocycles. The Labute approximate surface area is 116 Å². The first-order valence-corrected chi connectivity index (χ1v) is 7.12. The van der Waals surface area contributed by atoms with Crippen LogP contribution in [0.25, 0.3) is 0 Å². The fourth-order valence-electron chi connectivity index (χ4n) is 1.65. The molecule has 0 bridgehead atoms. The van der Waals surface area contributed by atoms with Gasteiger partial charge >= 0.3 is 0 Å². The van der Waals surface area contributed by atoms with Crippen LogP contribution in [0.5, 0.6) is 5.75 Å². The second-order valence-electron chi connectivity index (χ2n) is 3.96. The van der Waals surface area contributed by atoms with E-state index in [1.807, 2.05) is 29.6 Å². The summed E-state index contributed by atoms with van der Waals surface area (Å²) in [6, 6.07) is 9.30. The Kier molecular flexibility index (Phi) is 4.64. The van der Waals surface area contributed by atoms with Gasteiger partial charge in [-0.2, -0.15) is 0 Å². The maximum absolute atomic E-state index is 10.3. The van der Waals surface area contributed by atoms with Crippen LogP contribution in [0.2, 0.25) is 5.02 Å². The van der Waals surface area contributed by atoms with Crippen molar-refractivity contribution in [3.63, 3.8) is 0 Å². The van der Waals surface area contributed by atoms with Gasteiger partial charge in [-0.05, 0) is 35.6 Å². The van der Waals surface area contributed by atoms with E-state index in [2.05, 4.69) is 6.92 Å². The molecule has 18 heavy (non-hydrogen) atoms. The highest BCUT2D eigenvalue weighted by atomic mass is 35.5. The van der Waals surface area contributed by atoms with Crippen LogP contribution in [0.15, 0.2) is 35.7 Å². The fraction of sp³-hybridized carbons (Fsp3) is 0.286. The third-order valence-electron chi connectivity index (χ3n) is 2.54. The summed E-state index contributed by atoms with van der Waals surface area (Å²) in [6.45, 7) is 2.74. The number of aliphatic hydroxyl groups is 1. The van der Waals surface area contributed by atoms with Gasteiger partial charge in [-0.15, -0.1) is 11.3 Å². The monoisotopic (exact) mass is 282 g/mol. The first-order chi connectivity index (χ1) is 8.72. The van der Waals surface area contributed by atoms with Crippen LogP contribution in [0.4, 0.5) is 0 Å². The van der Waals surface area contributed by atoms with Crippen molar-refractivity contribution < 1.29 is 9.84 Å². The highest BCUT2D eigenvalue weighted by Crippen LogP contribution is 2.33. The average Bonchev–Trinajstić information content (AvgIpc) is 2.82. The lowest BCUT2D eigenvalue weighted by molar-refractivity contribution is 0.223. The summed E-state index contributed by atoms with van der Waals surface area (Å²) >= 11 is 7.48. The molecule has 0 aliphatic heterocycles. The molecule has 0 fully saturated rings. The predicted octanol–water partition coefficient (Wildman–Crippen LogP) is 4.27. The highest BCUT2D eigenvalue weighted by molar-refractivity contribution is 7.10. The first kappa shape index (κ1) is 13.4. The molecule has 0 saturated carbocycles. The van der Waals surface area contributed by atoms with Crippen LogP contribution in [0.1, 0.15) is 29.9 Å². The third-order valence-corrected chi connectivity index (χ3v) is 3.95. The number of benzene rings is 1. The molecule has 4 heteroatoms. The first-order valence-electron chi connectivity index (χ1n) is 5.86. The van der Waals surface area contributed by atoms with Crippen LogP contribution in [0, 0.1) is 0 Å². The van der Waals surface area contributed by atoms with E-state index in [1.54, 1.807) is 6.07 Å². The fourth-order valence-corrected chi connectivity index (χ4v) is 2.82. The standard InChI is InChI=1S/C14H15ClO2S/c1-2-7-17-11-5-3-4-10(9-11)13(16)14-12(15)6-8-18-14/h3-6,8-9,13,16H,2,7H2,1H3. The van der Waals surface area contributed by atoms with E-state index in [0.29, 0.717) is 11.6 Å². The topological polar surface area (TPSA) is 29.5 Å². The Morgan fingerprint density at radius 2 is 2.22 bits per heavy atom. The zero-order valence-corrected chi connectivity index (χ0v) is 11.7. The van der Waals surface area contributed by atoms with Crippen LogP contribution in [-0.4, -0.2) is 11.7 Å². The van der Waals surface area contributed by atoms with Crippen molar-refractivity contribution in [2.75, 3.05) is 6.61 Å². The number of aliphatic hydroxyl groups excluding tert-OH is 1. The molecule has 0 aliphatic rings. The van der Waals surface area contributed by atoms with Crippen molar-refractivity contribution in [3.05, 3.63) is 51.2 Å². The highest BCUT2D eigenvalue weighted by Gasteiger charge is 2.15. The Hall–Kier alpha value is -1.03. The Morgan fingerprint density at radius 3 is 2.89 bits per heavy atom. The predicted molar refractivity (Wildman–Crippen MR) is 75.6 cm³/mol. The summed E-state index contributed by atoms with van der Waals surface area (Å²) in [4.78, 5) is 0.768. The molecule has 0 spiro atoms. The molecule has 0 radical (unpaired) electrons. The summed E-state index contributed by atoms with van der Waals surface area (Å²) < 4.78 is 5.55. The normalized spacial score (nSPS) is 12.4. The van der Waals surface area contributed by atoms with Gasteiger partial charge in [0.05, 0.1) is 16.5 Å². The van der Waals surface area contributed by atoms with Gasteiger partial charge in [0, 0.05) is 0 Å². The van der Waals surface area contributed by atoms with E-state index >= 15 is 0 Å². The molecule has 0 saturated heterocycles. The number of thiophene rings is 1. The molecule has 1 aromatic carbocycles. The van der Waals surface area contributed by atoms with Crippen molar-refractivity contribution >= 4 is 22.9 Å². The van der Waals surface area contributed by atoms with Crippen LogP contribution in [0.3, 0.4) is 0 Å². The number of rotatable bonds is 5. The molecule has 1 atom stereocenters. The maximum Gasteiger partial charge on any atom is 0.119 e. The van der Waals surface area contributed by atoms with Gasteiger partial charge in [0.1, 0.15) is 11.9 Å². The zero-order valence-electron chi connectivity index (χ0n) is 10.1. The van der Waals surface area contributed by atoms with Crippen molar-refractivity contribution in [1.29, 1.82) is 0 Å². The van der Waals surface area contributed by atoms with Crippen LogP contribution < -0.4 is 4.74 Å². The second kappa shape index (κ2) is 6.23. The SMILES string of the molecule is CCCOc1cccc(C(O)c2sccc2Cl)c1. The molecule has 0 aliphatic carbocycles. The Morgan fingerprint density at radius 1 is 1.39 bits per heavy atom. The minimum Gasteiger partial charge on any atom is -0.494 e. The summed E-state index contributed by atoms with van der Waals surface area (Å²) in [7, 11) is 0. The van der Waals surface area contributed by atoms with Crippen molar-refractivity contribution in [2.45, 2.75) is 19.4 Å². The molecule has 1 heterocycles. The van der Waals surface area contributed by atoms with Gasteiger partial charge in [0.2, 0.25) is 0 Å². The lowest BCUT2D eigenvalue weighted by Gasteiger charge is -2.12. The van der Waals surface area contributed by atoms with E-state index in [0.717, 1.165) is 22.6 Å². The summed E-state index contributed by atoms with van der Waals surface area (Å²) in [6.07, 6.45) is 0.270. The average molecular weight is 283 g/mol. The lowest BCUT2D eigenvalue weighted by Crippen LogP contribution is -2.00. The molecule has 96 valence electrons. The molecule has 2 aromatic rings. The van der Waals surface area contributed by atoms with Gasteiger partial charge in [-0.1, -0.05) is 30.7 Å². The number of ether oxygens (including phenoxy) is 1. The second-order valence-corrected chi connectivity index (χ2v) is 5.31. The molecule has 2 nitrogen and oxygen atoms in total. The quantitative estimate of drug-likeness (QED) is 0.887. The van der Waals surface area contributed by atoms with Gasteiger partial charge in [0.15, 0.2) is 0 Å². The molecule has 1 unspecified atom stereocenters. The van der Waals surface area contributed by atoms with Crippen molar-refractivity contribution in [1.82, 2.24) is 0 Å². The largest absolute Gasteiger partial charge is 0.494 e. The number of hydrogen-bond donors (Lipinski definition) is 1. The van der Waals surface area contributed by atoms with Crippen LogP contribution in [-0.2, 0) is 0 Å². The number of halogens is 1. The Balaban J connectivity index is 2.20. The minimum absolute atomic E-state index is 0.604. The van der Waals surface area contributed by atoms with Crippen molar-refractivity contribution in [3.8, 4) is 5.75 Å². The summed E-state index contributed by atoms with van der Waals surface area (Å²) in [5.74, 6) is 0.779. The van der Waals surface area contributed by atoms with E-state index < -0.39 is 6.10 Å². The van der Waals surface area contributed by atoms with E-state index in [4.69, 9.17) is 16.3 Å². The van der Waals surface area contributed by atoms with Gasteiger partial charge in [-0.25, -0.2) is 0 Å². The Bertz CT molecular complexity index is 510. The lowest BCUT2D eigenvalue weighted by atomic mass is 10.1. The number of hydrogen-bond acceptors (Lipinski definition) is 3. The van der Waals surface area contributed by atoms with E-state index in [1.165, 1.54) is 11.3 Å².